The van der Waals surface area contributed by atoms with Crippen LogP contribution in [0.15, 0.2) is 0 Å². The first-order valence-corrected chi connectivity index (χ1v) is 8.21. The normalized spacial score (nSPS) is 19.1. The molecule has 0 heterocycles. The van der Waals surface area contributed by atoms with Gasteiger partial charge < -0.3 is 0 Å². The molecule has 21 heavy (non-hydrogen) atoms. The van der Waals surface area contributed by atoms with Crippen LogP contribution in [0.4, 0.5) is 26.3 Å². The minimum Gasteiger partial charge on any atom is -0.296 e. The van der Waals surface area contributed by atoms with Crippen LogP contribution in [0.5, 0.6) is 0 Å². The van der Waals surface area contributed by atoms with Crippen molar-refractivity contribution in [3.05, 3.63) is 0 Å². The van der Waals surface area contributed by atoms with Gasteiger partial charge in [-0.2, -0.15) is 26.3 Å². The number of rotatable bonds is 8. The lowest BCUT2D eigenvalue weighted by Gasteiger charge is -2.29. The second-order valence-electron chi connectivity index (χ2n) is 4.42. The van der Waals surface area contributed by atoms with Gasteiger partial charge in [-0.3, -0.25) is 13.6 Å². The van der Waals surface area contributed by atoms with Crippen LogP contribution in [0.1, 0.15) is 40.0 Å². The predicted molar refractivity (Wildman–Crippen MR) is 65.2 cm³/mol. The van der Waals surface area contributed by atoms with E-state index in [1.807, 2.05) is 0 Å². The molecule has 0 rings (SSSR count). The van der Waals surface area contributed by atoms with Crippen molar-refractivity contribution >= 4 is 7.60 Å². The second kappa shape index (κ2) is 7.83. The van der Waals surface area contributed by atoms with Gasteiger partial charge in [0.2, 0.25) is 0 Å². The van der Waals surface area contributed by atoms with Gasteiger partial charge in [0.05, 0.1) is 0 Å². The quantitative estimate of drug-likeness (QED) is 0.442. The van der Waals surface area contributed by atoms with Gasteiger partial charge in [-0.15, -0.1) is 0 Å². The molecular weight excluding hydrogens is 325 g/mol. The summed E-state index contributed by atoms with van der Waals surface area (Å²) in [7, 11) is -4.50. The lowest BCUT2D eigenvalue weighted by Crippen LogP contribution is -2.34. The molecule has 10 heteroatoms. The zero-order chi connectivity index (χ0) is 16.9. The summed E-state index contributed by atoms with van der Waals surface area (Å²) >= 11 is 0. The van der Waals surface area contributed by atoms with Crippen molar-refractivity contribution in [2.24, 2.45) is 0 Å². The van der Waals surface area contributed by atoms with E-state index in [4.69, 9.17) is 0 Å². The zero-order valence-electron chi connectivity index (χ0n) is 11.9. The summed E-state index contributed by atoms with van der Waals surface area (Å²) in [5.74, 6) is 0. The minimum atomic E-state index is -4.82. The van der Waals surface area contributed by atoms with Crippen LogP contribution in [0, 0.1) is 0 Å². The lowest BCUT2D eigenvalue weighted by molar-refractivity contribution is -0.211. The van der Waals surface area contributed by atoms with Gasteiger partial charge in [-0.1, -0.05) is 20.8 Å². The average molecular weight is 344 g/mol. The molecule has 0 N–H and O–H groups in total. The molecule has 0 aromatic rings. The van der Waals surface area contributed by atoms with Gasteiger partial charge in [-0.05, 0) is 19.3 Å². The molecule has 0 fully saturated rings. The summed E-state index contributed by atoms with van der Waals surface area (Å²) in [4.78, 5) is 0. The van der Waals surface area contributed by atoms with Gasteiger partial charge in [0.15, 0.2) is 12.2 Å². The second-order valence-corrected chi connectivity index (χ2v) is 6.51. The first-order valence-electron chi connectivity index (χ1n) is 6.48. The fourth-order valence-corrected chi connectivity index (χ4v) is 3.64. The number of hydrogen-bond acceptors (Lipinski definition) is 3. The van der Waals surface area contributed by atoms with E-state index in [1.54, 1.807) is 0 Å². The molecule has 128 valence electrons. The van der Waals surface area contributed by atoms with E-state index in [1.165, 1.54) is 6.92 Å². The van der Waals surface area contributed by atoms with Crippen LogP contribution < -0.4 is 0 Å². The van der Waals surface area contributed by atoms with E-state index in [9.17, 15) is 30.9 Å². The standard InChI is InChI=1S/C11H19F6O3P/c1-4-7-21(18,19-8(5-2)10(12,13)14)20-9(6-3)11(15,16)17/h8-9H,4-7H2,1-3H3. The highest BCUT2D eigenvalue weighted by atomic mass is 31.2. The molecule has 0 aliphatic carbocycles. The van der Waals surface area contributed by atoms with Crippen LogP contribution in [-0.4, -0.2) is 30.7 Å². The molecule has 0 aromatic heterocycles. The SMILES string of the molecule is CCCP(=O)(OC(CC)C(F)(F)F)OC(CC)C(F)(F)F. The number of alkyl halides is 6. The van der Waals surface area contributed by atoms with Gasteiger partial charge in [0, 0.05) is 6.16 Å². The third-order valence-electron chi connectivity index (χ3n) is 2.54. The molecule has 2 unspecified atom stereocenters. The Morgan fingerprint density at radius 2 is 1.19 bits per heavy atom. The molecule has 0 aromatic carbocycles. The summed E-state index contributed by atoms with van der Waals surface area (Å²) in [5.41, 5.74) is 0. The third-order valence-corrected chi connectivity index (χ3v) is 4.69. The Morgan fingerprint density at radius 3 is 1.38 bits per heavy atom. The summed E-state index contributed by atoms with van der Waals surface area (Å²) in [6.45, 7) is 3.73. The van der Waals surface area contributed by atoms with Crippen LogP contribution >= 0.6 is 7.60 Å². The lowest BCUT2D eigenvalue weighted by atomic mass is 10.3. The van der Waals surface area contributed by atoms with Crippen LogP contribution in [-0.2, 0) is 13.6 Å². The average Bonchev–Trinajstić information content (AvgIpc) is 2.31. The molecule has 0 spiro atoms. The Balaban J connectivity index is 5.20. The van der Waals surface area contributed by atoms with Gasteiger partial charge in [-0.25, -0.2) is 0 Å². The molecule has 2 atom stereocenters. The maximum atomic E-state index is 12.6. The molecule has 0 radical (unpaired) electrons. The number of halogens is 6. The molecule has 0 aliphatic rings. The first kappa shape index (κ1) is 20.7. The van der Waals surface area contributed by atoms with Crippen LogP contribution in [0.3, 0.4) is 0 Å². The Hall–Kier alpha value is -0.270. The topological polar surface area (TPSA) is 35.5 Å². The van der Waals surface area contributed by atoms with E-state index in [2.05, 4.69) is 9.05 Å². The predicted octanol–water partition coefficient (Wildman–Crippen LogP) is 5.30. The summed E-state index contributed by atoms with van der Waals surface area (Å²) in [5, 5.41) is 0. The van der Waals surface area contributed by atoms with Gasteiger partial charge >= 0.3 is 19.9 Å². The highest BCUT2D eigenvalue weighted by molar-refractivity contribution is 7.53. The molecule has 3 nitrogen and oxygen atoms in total. The van der Waals surface area contributed by atoms with Crippen molar-refractivity contribution in [2.45, 2.75) is 64.6 Å². The van der Waals surface area contributed by atoms with Crippen molar-refractivity contribution in [3.63, 3.8) is 0 Å². The maximum absolute atomic E-state index is 12.6. The van der Waals surface area contributed by atoms with Crippen molar-refractivity contribution in [3.8, 4) is 0 Å². The van der Waals surface area contributed by atoms with Crippen LogP contribution in [0.25, 0.3) is 0 Å². The van der Waals surface area contributed by atoms with Crippen molar-refractivity contribution in [1.29, 1.82) is 0 Å². The Kier molecular flexibility index (Phi) is 7.73. The molecule has 0 bridgehead atoms. The largest absolute Gasteiger partial charge is 0.415 e. The highest BCUT2D eigenvalue weighted by Crippen LogP contribution is 2.55. The van der Waals surface area contributed by atoms with Crippen molar-refractivity contribution in [1.82, 2.24) is 0 Å². The van der Waals surface area contributed by atoms with Crippen LogP contribution in [0.2, 0.25) is 0 Å². The molecule has 0 saturated carbocycles. The van der Waals surface area contributed by atoms with Crippen molar-refractivity contribution < 1.29 is 40.0 Å². The van der Waals surface area contributed by atoms with Gasteiger partial charge in [0.1, 0.15) is 0 Å². The van der Waals surface area contributed by atoms with E-state index in [-0.39, 0.29) is 6.42 Å². The van der Waals surface area contributed by atoms with E-state index in [0.29, 0.717) is 0 Å². The molecule has 0 aliphatic heterocycles. The number of hydrogen-bond donors (Lipinski definition) is 0. The smallest absolute Gasteiger partial charge is 0.296 e. The highest BCUT2D eigenvalue weighted by Gasteiger charge is 2.48. The van der Waals surface area contributed by atoms with Gasteiger partial charge in [0.25, 0.3) is 0 Å². The Morgan fingerprint density at radius 1 is 0.857 bits per heavy atom. The van der Waals surface area contributed by atoms with E-state index < -0.39 is 51.2 Å². The summed E-state index contributed by atoms with van der Waals surface area (Å²) in [6, 6.07) is 0. The fourth-order valence-electron chi connectivity index (χ4n) is 1.52. The van der Waals surface area contributed by atoms with E-state index in [0.717, 1.165) is 13.8 Å². The third kappa shape index (κ3) is 7.02. The maximum Gasteiger partial charge on any atom is 0.415 e. The minimum absolute atomic E-state index is 0.0693. The Bertz CT molecular complexity index is 327. The molecular formula is C11H19F6O3P. The first-order chi connectivity index (χ1) is 9.39. The molecule has 0 saturated heterocycles. The fraction of sp³-hybridized carbons (Fsp3) is 1.00. The molecule has 0 amide bonds. The van der Waals surface area contributed by atoms with Crippen molar-refractivity contribution in [2.75, 3.05) is 6.16 Å². The monoisotopic (exact) mass is 344 g/mol. The van der Waals surface area contributed by atoms with E-state index >= 15 is 0 Å². The Labute approximate surface area is 119 Å². The summed E-state index contributed by atoms with van der Waals surface area (Å²) < 4.78 is 96.8. The zero-order valence-corrected chi connectivity index (χ0v) is 12.8. The summed E-state index contributed by atoms with van der Waals surface area (Å²) in [6.07, 6.45) is -16.0.